The smallest absolute Gasteiger partial charge is 0.131 e. The maximum absolute atomic E-state index is 10.8. The van der Waals surface area contributed by atoms with E-state index in [0.717, 1.165) is 19.6 Å². The monoisotopic (exact) mass is 201 g/mol. The molecule has 82 valence electrons. The summed E-state index contributed by atoms with van der Waals surface area (Å²) in [5, 5.41) is 0. The van der Waals surface area contributed by atoms with Crippen LogP contribution in [0.2, 0.25) is 0 Å². The lowest BCUT2D eigenvalue weighted by molar-refractivity contribution is -0.117. The van der Waals surface area contributed by atoms with Gasteiger partial charge in [0.2, 0.25) is 0 Å². The van der Waals surface area contributed by atoms with Gasteiger partial charge in [0.25, 0.3) is 0 Å². The number of Topliss-reactive ketones (excluding diaryl/α,β-unsaturated/α-hetero) is 1. The first-order valence-corrected chi connectivity index (χ1v) is 4.94. The Morgan fingerprint density at radius 1 is 1.29 bits per heavy atom. The van der Waals surface area contributed by atoms with Crippen LogP contribution in [0.3, 0.4) is 0 Å². The Hall–Kier alpha value is -0.450. The molecule has 0 aromatic heterocycles. The zero-order valence-corrected chi connectivity index (χ0v) is 9.16. The van der Waals surface area contributed by atoms with Gasteiger partial charge < -0.3 is 9.47 Å². The number of carbonyl (C=O) groups excluding carboxylic acids is 1. The van der Waals surface area contributed by atoms with Gasteiger partial charge in [-0.3, -0.25) is 9.69 Å². The van der Waals surface area contributed by atoms with Gasteiger partial charge in [0, 0.05) is 40.3 Å². The van der Waals surface area contributed by atoms with Crippen molar-refractivity contribution in [2.45, 2.75) is 25.6 Å². The molecule has 1 fully saturated rings. The van der Waals surface area contributed by atoms with E-state index in [-0.39, 0.29) is 18.0 Å². The second-order valence-corrected chi connectivity index (χ2v) is 3.76. The van der Waals surface area contributed by atoms with Crippen LogP contribution in [-0.2, 0) is 14.3 Å². The molecule has 1 heterocycles. The number of methoxy groups -OCH3 is 2. The summed E-state index contributed by atoms with van der Waals surface area (Å²) in [6.45, 7) is 4.16. The average molecular weight is 201 g/mol. The Morgan fingerprint density at radius 2 is 1.79 bits per heavy atom. The summed E-state index contributed by atoms with van der Waals surface area (Å²) >= 11 is 0. The van der Waals surface area contributed by atoms with Gasteiger partial charge in [-0.25, -0.2) is 0 Å². The number of hydrogen-bond acceptors (Lipinski definition) is 4. The summed E-state index contributed by atoms with van der Waals surface area (Å²) in [7, 11) is 3.40. The molecule has 0 N–H and O–H groups in total. The Balaban J connectivity index is 2.33. The van der Waals surface area contributed by atoms with E-state index >= 15 is 0 Å². The fourth-order valence-electron chi connectivity index (χ4n) is 1.77. The Kier molecular flexibility index (Phi) is 4.51. The van der Waals surface area contributed by atoms with Crippen molar-refractivity contribution in [2.75, 3.05) is 33.9 Å². The highest BCUT2D eigenvalue weighted by molar-refractivity contribution is 5.75. The van der Waals surface area contributed by atoms with E-state index in [1.54, 1.807) is 21.1 Å². The van der Waals surface area contributed by atoms with Crippen molar-refractivity contribution in [3.63, 3.8) is 0 Å². The van der Waals surface area contributed by atoms with E-state index in [4.69, 9.17) is 9.47 Å². The van der Waals surface area contributed by atoms with Crippen molar-refractivity contribution >= 4 is 5.78 Å². The molecular weight excluding hydrogens is 182 g/mol. The summed E-state index contributed by atoms with van der Waals surface area (Å²) in [4.78, 5) is 13.0. The van der Waals surface area contributed by atoms with Crippen molar-refractivity contribution in [3.8, 4) is 0 Å². The molecule has 0 aromatic rings. The molecule has 0 bridgehead atoms. The highest BCUT2D eigenvalue weighted by Gasteiger charge is 2.32. The molecule has 4 nitrogen and oxygen atoms in total. The fourth-order valence-corrected chi connectivity index (χ4v) is 1.77. The molecule has 1 saturated heterocycles. The molecule has 1 rings (SSSR count). The Morgan fingerprint density at radius 3 is 2.14 bits per heavy atom. The van der Waals surface area contributed by atoms with E-state index in [0.29, 0.717) is 6.42 Å². The van der Waals surface area contributed by atoms with Crippen molar-refractivity contribution < 1.29 is 14.3 Å². The lowest BCUT2D eigenvalue weighted by Crippen LogP contribution is -2.27. The summed E-state index contributed by atoms with van der Waals surface area (Å²) in [5.41, 5.74) is 0. The van der Waals surface area contributed by atoms with Crippen LogP contribution >= 0.6 is 0 Å². The standard InChI is InChI=1S/C10H19NO3/c1-8(12)4-5-11-6-9(13-2)10(7-11)14-3/h9-10H,4-7H2,1-3H3. The number of ketones is 1. The summed E-state index contributed by atoms with van der Waals surface area (Å²) in [5.74, 6) is 0.236. The molecule has 0 amide bonds. The predicted octanol–water partition coefficient (Wildman–Crippen LogP) is 0.311. The van der Waals surface area contributed by atoms with E-state index in [1.165, 1.54) is 0 Å². The molecule has 2 unspecified atom stereocenters. The molecule has 0 saturated carbocycles. The van der Waals surface area contributed by atoms with Crippen molar-refractivity contribution in [2.24, 2.45) is 0 Å². The van der Waals surface area contributed by atoms with E-state index in [9.17, 15) is 4.79 Å². The van der Waals surface area contributed by atoms with Gasteiger partial charge in [-0.2, -0.15) is 0 Å². The maximum atomic E-state index is 10.8. The van der Waals surface area contributed by atoms with E-state index in [1.807, 2.05) is 0 Å². The van der Waals surface area contributed by atoms with Crippen molar-refractivity contribution in [1.29, 1.82) is 0 Å². The first-order chi connectivity index (χ1) is 6.67. The maximum Gasteiger partial charge on any atom is 0.131 e. The number of nitrogens with zero attached hydrogens (tertiary/aromatic N) is 1. The lowest BCUT2D eigenvalue weighted by atomic mass is 10.3. The quantitative estimate of drug-likeness (QED) is 0.642. The number of rotatable bonds is 5. The summed E-state index contributed by atoms with van der Waals surface area (Å²) < 4.78 is 10.6. The van der Waals surface area contributed by atoms with Crippen LogP contribution in [0.5, 0.6) is 0 Å². The molecule has 1 aliphatic heterocycles. The van der Waals surface area contributed by atoms with E-state index < -0.39 is 0 Å². The molecule has 4 heteroatoms. The van der Waals surface area contributed by atoms with Gasteiger partial charge in [-0.1, -0.05) is 0 Å². The van der Waals surface area contributed by atoms with Crippen LogP contribution in [-0.4, -0.2) is 56.7 Å². The minimum absolute atomic E-state index is 0.145. The molecule has 0 spiro atoms. The normalized spacial score (nSPS) is 28.2. The Labute approximate surface area is 85.2 Å². The molecule has 0 radical (unpaired) electrons. The van der Waals surface area contributed by atoms with Gasteiger partial charge in [0.1, 0.15) is 5.78 Å². The summed E-state index contributed by atoms with van der Waals surface area (Å²) in [6, 6.07) is 0. The van der Waals surface area contributed by atoms with Gasteiger partial charge in [-0.05, 0) is 6.92 Å². The molecule has 0 aromatic carbocycles. The molecule has 1 aliphatic rings. The van der Waals surface area contributed by atoms with E-state index in [2.05, 4.69) is 4.90 Å². The third-order valence-corrected chi connectivity index (χ3v) is 2.68. The van der Waals surface area contributed by atoms with Crippen LogP contribution in [0.15, 0.2) is 0 Å². The minimum atomic E-state index is 0.145. The summed E-state index contributed by atoms with van der Waals surface area (Å²) in [6.07, 6.45) is 0.909. The number of hydrogen-bond donors (Lipinski definition) is 0. The molecule has 14 heavy (non-hydrogen) atoms. The topological polar surface area (TPSA) is 38.8 Å². The second-order valence-electron chi connectivity index (χ2n) is 3.76. The number of ether oxygens (including phenoxy) is 2. The number of likely N-dealkylation sites (tertiary alicyclic amines) is 1. The third kappa shape index (κ3) is 3.04. The van der Waals surface area contributed by atoms with Crippen LogP contribution in [0.25, 0.3) is 0 Å². The molecule has 0 aliphatic carbocycles. The van der Waals surface area contributed by atoms with Gasteiger partial charge >= 0.3 is 0 Å². The van der Waals surface area contributed by atoms with Crippen LogP contribution < -0.4 is 0 Å². The SMILES string of the molecule is COC1CN(CCC(C)=O)CC1OC. The van der Waals surface area contributed by atoms with Crippen LogP contribution in [0.4, 0.5) is 0 Å². The lowest BCUT2D eigenvalue weighted by Gasteiger charge is -2.13. The minimum Gasteiger partial charge on any atom is -0.377 e. The largest absolute Gasteiger partial charge is 0.377 e. The van der Waals surface area contributed by atoms with Crippen molar-refractivity contribution in [1.82, 2.24) is 4.90 Å². The zero-order chi connectivity index (χ0) is 10.6. The number of carbonyl (C=O) groups is 1. The first kappa shape index (κ1) is 11.6. The third-order valence-electron chi connectivity index (χ3n) is 2.68. The average Bonchev–Trinajstić information content (AvgIpc) is 2.57. The van der Waals surface area contributed by atoms with Gasteiger partial charge in [0.15, 0.2) is 0 Å². The Bertz CT molecular complexity index is 184. The fraction of sp³-hybridized carbons (Fsp3) is 0.900. The highest BCUT2D eigenvalue weighted by atomic mass is 16.5. The van der Waals surface area contributed by atoms with Crippen LogP contribution in [0.1, 0.15) is 13.3 Å². The first-order valence-electron chi connectivity index (χ1n) is 4.94. The second kappa shape index (κ2) is 5.44. The highest BCUT2D eigenvalue weighted by Crippen LogP contribution is 2.15. The molecular formula is C10H19NO3. The van der Waals surface area contributed by atoms with Crippen molar-refractivity contribution in [3.05, 3.63) is 0 Å². The van der Waals surface area contributed by atoms with Gasteiger partial charge in [0.05, 0.1) is 12.2 Å². The molecule has 2 atom stereocenters. The van der Waals surface area contributed by atoms with Gasteiger partial charge in [-0.15, -0.1) is 0 Å². The van der Waals surface area contributed by atoms with Crippen LogP contribution in [0, 0.1) is 0 Å². The predicted molar refractivity (Wildman–Crippen MR) is 53.3 cm³/mol. The zero-order valence-electron chi connectivity index (χ0n) is 9.16.